The van der Waals surface area contributed by atoms with Crippen LogP contribution in [0.2, 0.25) is 0 Å². The van der Waals surface area contributed by atoms with Gasteiger partial charge in [0.25, 0.3) is 0 Å². The Morgan fingerprint density at radius 1 is 1.36 bits per heavy atom. The molecule has 2 heteroatoms. The van der Waals surface area contributed by atoms with Crippen molar-refractivity contribution in [3.8, 4) is 0 Å². The highest BCUT2D eigenvalue weighted by atomic mass is 16.5. The molecule has 0 radical (unpaired) electrons. The Labute approximate surface area is 69.2 Å². The number of piperidine rings is 1. The van der Waals surface area contributed by atoms with Crippen LogP contribution in [0.3, 0.4) is 0 Å². The van der Waals surface area contributed by atoms with Crippen LogP contribution in [0.15, 0.2) is 0 Å². The van der Waals surface area contributed by atoms with Crippen LogP contribution in [0, 0.1) is 5.92 Å². The van der Waals surface area contributed by atoms with Crippen molar-refractivity contribution in [2.24, 2.45) is 5.92 Å². The number of hydrogen-bond donors (Lipinski definition) is 1. The summed E-state index contributed by atoms with van der Waals surface area (Å²) < 4.78 is 0. The van der Waals surface area contributed by atoms with E-state index in [1.165, 1.54) is 5.06 Å². The molecule has 0 aliphatic carbocycles. The summed E-state index contributed by atoms with van der Waals surface area (Å²) in [6.45, 7) is 8.53. The van der Waals surface area contributed by atoms with Crippen LogP contribution < -0.4 is 0 Å². The molecule has 0 spiro atoms. The molecule has 1 saturated heterocycles. The molecule has 2 nitrogen and oxygen atoms in total. The average Bonchev–Trinajstić information content (AvgIpc) is 1.81. The first-order valence-corrected chi connectivity index (χ1v) is 4.41. The lowest BCUT2D eigenvalue weighted by atomic mass is 9.82. The topological polar surface area (TPSA) is 23.5 Å². The van der Waals surface area contributed by atoms with E-state index in [-0.39, 0.29) is 5.54 Å². The predicted octanol–water partition coefficient (Wildman–Crippen LogP) is 2.27. The smallest absolute Gasteiger partial charge is 0.0409 e. The van der Waals surface area contributed by atoms with Crippen LogP contribution in [0.4, 0.5) is 0 Å². The number of hydroxylamine groups is 2. The molecule has 0 aromatic heterocycles. The molecular weight excluding hydrogens is 138 g/mol. The highest BCUT2D eigenvalue weighted by Crippen LogP contribution is 2.33. The third-order valence-electron chi connectivity index (χ3n) is 2.63. The molecule has 0 aromatic rings. The molecule has 0 saturated carbocycles. The molecular formula is C9H19NO. The summed E-state index contributed by atoms with van der Waals surface area (Å²) in [6, 6.07) is 0.314. The summed E-state index contributed by atoms with van der Waals surface area (Å²) in [6.07, 6.45) is 2.20. The zero-order chi connectivity index (χ0) is 8.65. The van der Waals surface area contributed by atoms with Gasteiger partial charge in [0.2, 0.25) is 0 Å². The van der Waals surface area contributed by atoms with Crippen LogP contribution in [0.25, 0.3) is 0 Å². The Balaban J connectivity index is 2.67. The molecule has 1 aliphatic heterocycles. The van der Waals surface area contributed by atoms with Crippen molar-refractivity contribution >= 4 is 0 Å². The fourth-order valence-electron chi connectivity index (χ4n) is 2.31. The van der Waals surface area contributed by atoms with E-state index in [1.54, 1.807) is 0 Å². The van der Waals surface area contributed by atoms with Gasteiger partial charge < -0.3 is 5.21 Å². The third-order valence-corrected chi connectivity index (χ3v) is 2.63. The van der Waals surface area contributed by atoms with Crippen molar-refractivity contribution in [1.29, 1.82) is 0 Å². The van der Waals surface area contributed by atoms with Crippen molar-refractivity contribution in [1.82, 2.24) is 5.06 Å². The van der Waals surface area contributed by atoms with Gasteiger partial charge in [0.15, 0.2) is 0 Å². The van der Waals surface area contributed by atoms with Gasteiger partial charge in [-0.2, -0.15) is 5.06 Å². The van der Waals surface area contributed by atoms with E-state index in [0.717, 1.165) is 18.8 Å². The van der Waals surface area contributed by atoms with Crippen LogP contribution in [0.5, 0.6) is 0 Å². The molecule has 0 bridgehead atoms. The maximum Gasteiger partial charge on any atom is 0.0409 e. The number of nitrogens with zero attached hydrogens (tertiary/aromatic N) is 1. The minimum absolute atomic E-state index is 0.0307. The molecule has 2 unspecified atom stereocenters. The molecule has 2 atom stereocenters. The van der Waals surface area contributed by atoms with E-state index in [9.17, 15) is 5.21 Å². The molecule has 1 rings (SSSR count). The standard InChI is InChI=1S/C9H19NO/c1-7-5-8(2)10(11)9(3,4)6-7/h7-8,11H,5-6H2,1-4H3. The Kier molecular flexibility index (Phi) is 2.26. The SMILES string of the molecule is CC1CC(C)N(O)C(C)(C)C1. The zero-order valence-corrected chi connectivity index (χ0v) is 7.96. The normalized spacial score (nSPS) is 39.0. The highest BCUT2D eigenvalue weighted by molar-refractivity contribution is 4.87. The second-order valence-corrected chi connectivity index (χ2v) is 4.55. The van der Waals surface area contributed by atoms with Crippen LogP contribution in [0.1, 0.15) is 40.5 Å². The van der Waals surface area contributed by atoms with E-state index >= 15 is 0 Å². The van der Waals surface area contributed by atoms with Gasteiger partial charge in [-0.1, -0.05) is 6.92 Å². The Morgan fingerprint density at radius 3 is 2.36 bits per heavy atom. The van der Waals surface area contributed by atoms with Crippen molar-refractivity contribution in [3.05, 3.63) is 0 Å². The van der Waals surface area contributed by atoms with E-state index in [2.05, 4.69) is 27.7 Å². The lowest BCUT2D eigenvalue weighted by Gasteiger charge is -2.44. The van der Waals surface area contributed by atoms with Crippen molar-refractivity contribution in [2.45, 2.75) is 52.1 Å². The minimum Gasteiger partial charge on any atom is -0.313 e. The summed E-state index contributed by atoms with van der Waals surface area (Å²) >= 11 is 0. The molecule has 0 amide bonds. The summed E-state index contributed by atoms with van der Waals surface area (Å²) in [4.78, 5) is 0. The van der Waals surface area contributed by atoms with Gasteiger partial charge >= 0.3 is 0 Å². The summed E-state index contributed by atoms with van der Waals surface area (Å²) in [5.41, 5.74) is -0.0307. The molecule has 1 fully saturated rings. The molecule has 11 heavy (non-hydrogen) atoms. The number of hydrogen-bond acceptors (Lipinski definition) is 2. The quantitative estimate of drug-likeness (QED) is 0.583. The fraction of sp³-hybridized carbons (Fsp3) is 1.00. The highest BCUT2D eigenvalue weighted by Gasteiger charge is 2.36. The van der Waals surface area contributed by atoms with Crippen LogP contribution in [-0.2, 0) is 0 Å². The molecule has 66 valence electrons. The first-order chi connectivity index (χ1) is 4.93. The first-order valence-electron chi connectivity index (χ1n) is 4.41. The minimum atomic E-state index is -0.0307. The predicted molar refractivity (Wildman–Crippen MR) is 45.6 cm³/mol. The summed E-state index contributed by atoms with van der Waals surface area (Å²) in [5, 5.41) is 11.2. The second-order valence-electron chi connectivity index (χ2n) is 4.55. The fourth-order valence-corrected chi connectivity index (χ4v) is 2.31. The van der Waals surface area contributed by atoms with Crippen LogP contribution >= 0.6 is 0 Å². The molecule has 1 N–H and O–H groups in total. The number of rotatable bonds is 0. The third kappa shape index (κ3) is 1.74. The monoisotopic (exact) mass is 157 g/mol. The summed E-state index contributed by atoms with van der Waals surface area (Å²) in [5.74, 6) is 0.739. The van der Waals surface area contributed by atoms with Gasteiger partial charge in [0, 0.05) is 11.6 Å². The lowest BCUT2D eigenvalue weighted by Crippen LogP contribution is -2.52. The van der Waals surface area contributed by atoms with Gasteiger partial charge in [-0.05, 0) is 39.5 Å². The van der Waals surface area contributed by atoms with Crippen molar-refractivity contribution in [2.75, 3.05) is 0 Å². The average molecular weight is 157 g/mol. The summed E-state index contributed by atoms with van der Waals surface area (Å²) in [7, 11) is 0. The molecule has 0 aromatic carbocycles. The molecule has 1 aliphatic rings. The second kappa shape index (κ2) is 2.76. The van der Waals surface area contributed by atoms with E-state index in [4.69, 9.17) is 0 Å². The van der Waals surface area contributed by atoms with Gasteiger partial charge in [0.05, 0.1) is 0 Å². The zero-order valence-electron chi connectivity index (χ0n) is 7.96. The van der Waals surface area contributed by atoms with Crippen LogP contribution in [-0.4, -0.2) is 21.9 Å². The molecule has 1 heterocycles. The lowest BCUT2D eigenvalue weighted by molar-refractivity contribution is -0.214. The van der Waals surface area contributed by atoms with Gasteiger partial charge in [0.1, 0.15) is 0 Å². The van der Waals surface area contributed by atoms with Gasteiger partial charge in [-0.25, -0.2) is 0 Å². The Morgan fingerprint density at radius 2 is 1.91 bits per heavy atom. The van der Waals surface area contributed by atoms with Crippen molar-refractivity contribution < 1.29 is 5.21 Å². The van der Waals surface area contributed by atoms with Gasteiger partial charge in [-0.3, -0.25) is 0 Å². The van der Waals surface area contributed by atoms with E-state index < -0.39 is 0 Å². The van der Waals surface area contributed by atoms with Gasteiger partial charge in [-0.15, -0.1) is 0 Å². The van der Waals surface area contributed by atoms with E-state index in [1.807, 2.05) is 0 Å². The first kappa shape index (κ1) is 9.01. The van der Waals surface area contributed by atoms with Crippen molar-refractivity contribution in [3.63, 3.8) is 0 Å². The largest absolute Gasteiger partial charge is 0.313 e. The Bertz CT molecular complexity index is 144. The maximum absolute atomic E-state index is 9.66. The maximum atomic E-state index is 9.66. The van der Waals surface area contributed by atoms with E-state index in [0.29, 0.717) is 6.04 Å². The Hall–Kier alpha value is -0.0800.